The number of hydrogen-bond acceptors (Lipinski definition) is 2. The largest absolute Gasteiger partial charge is 0.160 e. The Hall–Kier alpha value is -1.44. The first-order valence-electron chi connectivity index (χ1n) is 6.94. The van der Waals surface area contributed by atoms with Crippen LogP contribution in [0.15, 0.2) is 34.5 Å². The Morgan fingerprint density at radius 3 is 2.28 bits per heavy atom. The molecular weight excluding hydrogens is 220 g/mol. The van der Waals surface area contributed by atoms with Crippen molar-refractivity contribution >= 4 is 11.9 Å². The van der Waals surface area contributed by atoms with Crippen LogP contribution >= 0.6 is 0 Å². The van der Waals surface area contributed by atoms with Crippen molar-refractivity contribution in [1.82, 2.24) is 0 Å². The average Bonchev–Trinajstić information content (AvgIpc) is 2.40. The molecule has 0 spiro atoms. The summed E-state index contributed by atoms with van der Waals surface area (Å²) in [6.45, 7) is 4.41. The van der Waals surface area contributed by atoms with Gasteiger partial charge in [0.25, 0.3) is 0 Å². The summed E-state index contributed by atoms with van der Waals surface area (Å²) in [7, 11) is 0. The molecule has 1 fully saturated rings. The van der Waals surface area contributed by atoms with E-state index in [0.717, 1.165) is 18.4 Å². The summed E-state index contributed by atoms with van der Waals surface area (Å²) in [5.41, 5.74) is 3.75. The van der Waals surface area contributed by atoms with E-state index in [1.54, 1.807) is 0 Å². The van der Waals surface area contributed by atoms with Crippen molar-refractivity contribution < 1.29 is 0 Å². The van der Waals surface area contributed by atoms with Gasteiger partial charge in [0.15, 0.2) is 0 Å². The van der Waals surface area contributed by atoms with Crippen molar-refractivity contribution in [3.63, 3.8) is 0 Å². The minimum absolute atomic E-state index is 0.582. The van der Waals surface area contributed by atoms with E-state index in [1.807, 2.05) is 6.21 Å². The van der Waals surface area contributed by atoms with Gasteiger partial charge >= 0.3 is 0 Å². The van der Waals surface area contributed by atoms with Gasteiger partial charge in [0.2, 0.25) is 0 Å². The lowest BCUT2D eigenvalue weighted by Gasteiger charge is -2.09. The minimum Gasteiger partial charge on any atom is -0.160 e. The molecule has 0 bridgehead atoms. The van der Waals surface area contributed by atoms with Crippen LogP contribution in [-0.2, 0) is 0 Å². The fraction of sp³-hybridized carbons (Fsp3) is 0.500. The highest BCUT2D eigenvalue weighted by Gasteiger charge is 2.05. The molecule has 18 heavy (non-hydrogen) atoms. The van der Waals surface area contributed by atoms with Crippen LogP contribution in [0.2, 0.25) is 0 Å². The van der Waals surface area contributed by atoms with Crippen LogP contribution in [0.3, 0.4) is 0 Å². The average molecular weight is 242 g/mol. The van der Waals surface area contributed by atoms with Gasteiger partial charge in [-0.25, -0.2) is 0 Å². The van der Waals surface area contributed by atoms with E-state index >= 15 is 0 Å². The van der Waals surface area contributed by atoms with E-state index in [9.17, 15) is 0 Å². The number of hydrogen-bond donors (Lipinski definition) is 0. The second-order valence-electron chi connectivity index (χ2n) is 5.29. The maximum atomic E-state index is 4.32. The van der Waals surface area contributed by atoms with Crippen molar-refractivity contribution in [3.05, 3.63) is 35.4 Å². The zero-order chi connectivity index (χ0) is 12.8. The van der Waals surface area contributed by atoms with Gasteiger partial charge in [0.1, 0.15) is 0 Å². The summed E-state index contributed by atoms with van der Waals surface area (Å²) in [6, 6.07) is 8.55. The summed E-state index contributed by atoms with van der Waals surface area (Å²) in [6.07, 6.45) is 8.01. The maximum absolute atomic E-state index is 4.32. The topological polar surface area (TPSA) is 24.7 Å². The molecule has 0 amide bonds. The summed E-state index contributed by atoms with van der Waals surface area (Å²) < 4.78 is 0. The Morgan fingerprint density at radius 2 is 1.67 bits per heavy atom. The Kier molecular flexibility index (Phi) is 4.68. The van der Waals surface area contributed by atoms with Gasteiger partial charge in [-0.05, 0) is 42.7 Å². The molecule has 1 aliphatic carbocycles. The Balaban J connectivity index is 1.96. The summed E-state index contributed by atoms with van der Waals surface area (Å²) in [4.78, 5) is 0. The van der Waals surface area contributed by atoms with Crippen LogP contribution in [0.4, 0.5) is 0 Å². The van der Waals surface area contributed by atoms with Gasteiger partial charge in [-0.1, -0.05) is 44.5 Å². The van der Waals surface area contributed by atoms with Crippen LogP contribution < -0.4 is 0 Å². The van der Waals surface area contributed by atoms with E-state index in [1.165, 1.54) is 30.5 Å². The molecule has 1 aliphatic rings. The van der Waals surface area contributed by atoms with Crippen LogP contribution in [0.25, 0.3) is 0 Å². The normalized spacial score (nSPS) is 16.5. The molecule has 96 valence electrons. The number of benzene rings is 1. The van der Waals surface area contributed by atoms with Crippen LogP contribution in [0.1, 0.15) is 63.0 Å². The lowest BCUT2D eigenvalue weighted by molar-refractivity contribution is 0.664. The van der Waals surface area contributed by atoms with E-state index in [2.05, 4.69) is 48.3 Å². The molecule has 2 rings (SSSR count). The highest BCUT2D eigenvalue weighted by Crippen LogP contribution is 2.15. The van der Waals surface area contributed by atoms with Gasteiger partial charge in [0.05, 0.1) is 6.21 Å². The highest BCUT2D eigenvalue weighted by molar-refractivity contribution is 5.86. The van der Waals surface area contributed by atoms with Crippen molar-refractivity contribution in [2.24, 2.45) is 10.2 Å². The van der Waals surface area contributed by atoms with Crippen LogP contribution in [0, 0.1) is 0 Å². The molecule has 0 saturated heterocycles. The van der Waals surface area contributed by atoms with Gasteiger partial charge in [0, 0.05) is 5.71 Å². The quantitative estimate of drug-likeness (QED) is 0.549. The molecule has 1 aromatic rings. The fourth-order valence-corrected chi connectivity index (χ4v) is 2.20. The fourth-order valence-electron chi connectivity index (χ4n) is 2.20. The second-order valence-corrected chi connectivity index (χ2v) is 5.29. The summed E-state index contributed by atoms with van der Waals surface area (Å²) >= 11 is 0. The number of nitrogens with zero attached hydrogens (tertiary/aromatic N) is 2. The molecule has 0 heterocycles. The highest BCUT2D eigenvalue weighted by atomic mass is 15.2. The third-order valence-corrected chi connectivity index (χ3v) is 3.44. The molecule has 0 aliphatic heterocycles. The first kappa shape index (κ1) is 13.0. The van der Waals surface area contributed by atoms with Crippen LogP contribution in [-0.4, -0.2) is 11.9 Å². The Labute approximate surface area is 110 Å². The lowest BCUT2D eigenvalue weighted by Crippen LogP contribution is -2.03. The third kappa shape index (κ3) is 3.80. The second kappa shape index (κ2) is 6.48. The molecule has 0 unspecified atom stereocenters. The van der Waals surface area contributed by atoms with Gasteiger partial charge in [-0.15, -0.1) is 0 Å². The Bertz CT molecular complexity index is 419. The van der Waals surface area contributed by atoms with Gasteiger partial charge < -0.3 is 0 Å². The van der Waals surface area contributed by atoms with Crippen molar-refractivity contribution in [2.45, 2.75) is 51.9 Å². The van der Waals surface area contributed by atoms with Gasteiger partial charge in [-0.3, -0.25) is 0 Å². The maximum Gasteiger partial charge on any atom is 0.0568 e. The van der Waals surface area contributed by atoms with Crippen molar-refractivity contribution in [1.29, 1.82) is 0 Å². The standard InChI is InChI=1S/C16H22N2/c1-13(2)15-10-8-14(9-11-15)12-17-18-16-6-4-3-5-7-16/h8-13H,3-7H2,1-2H3/b17-12+. The number of rotatable bonds is 3. The molecule has 0 atom stereocenters. The molecule has 0 aromatic heterocycles. The zero-order valence-electron chi connectivity index (χ0n) is 11.4. The summed E-state index contributed by atoms with van der Waals surface area (Å²) in [5, 5.41) is 8.52. The minimum atomic E-state index is 0.582. The molecule has 1 aromatic carbocycles. The van der Waals surface area contributed by atoms with Gasteiger partial charge in [-0.2, -0.15) is 10.2 Å². The lowest BCUT2D eigenvalue weighted by atomic mass is 9.99. The first-order valence-corrected chi connectivity index (χ1v) is 6.94. The molecular formula is C16H22N2. The first-order chi connectivity index (χ1) is 8.75. The zero-order valence-corrected chi connectivity index (χ0v) is 11.4. The Morgan fingerprint density at radius 1 is 1.00 bits per heavy atom. The molecule has 2 heteroatoms. The molecule has 0 radical (unpaired) electrons. The predicted molar refractivity (Wildman–Crippen MR) is 78.6 cm³/mol. The van der Waals surface area contributed by atoms with Crippen molar-refractivity contribution in [3.8, 4) is 0 Å². The predicted octanol–water partition coefficient (Wildman–Crippen LogP) is 4.55. The van der Waals surface area contributed by atoms with Crippen molar-refractivity contribution in [2.75, 3.05) is 0 Å². The van der Waals surface area contributed by atoms with E-state index in [0.29, 0.717) is 5.92 Å². The van der Waals surface area contributed by atoms with E-state index in [-0.39, 0.29) is 0 Å². The summed E-state index contributed by atoms with van der Waals surface area (Å²) in [5.74, 6) is 0.582. The smallest absolute Gasteiger partial charge is 0.0568 e. The molecule has 2 nitrogen and oxygen atoms in total. The molecule has 0 N–H and O–H groups in total. The third-order valence-electron chi connectivity index (χ3n) is 3.44. The van der Waals surface area contributed by atoms with E-state index < -0.39 is 0 Å². The van der Waals surface area contributed by atoms with Crippen LogP contribution in [0.5, 0.6) is 0 Å². The monoisotopic (exact) mass is 242 g/mol. The SMILES string of the molecule is CC(C)c1ccc(/C=N/N=C2CCCCC2)cc1. The molecule has 1 saturated carbocycles. The van der Waals surface area contributed by atoms with E-state index in [4.69, 9.17) is 0 Å².